The van der Waals surface area contributed by atoms with E-state index in [-0.39, 0.29) is 5.91 Å². The van der Waals surface area contributed by atoms with Crippen LogP contribution in [0, 0.1) is 5.92 Å². The molecule has 1 aliphatic rings. The van der Waals surface area contributed by atoms with E-state index in [4.69, 9.17) is 0 Å². The summed E-state index contributed by atoms with van der Waals surface area (Å²) in [4.78, 5) is 14.3. The van der Waals surface area contributed by atoms with E-state index in [2.05, 4.69) is 63.2 Å². The number of benzene rings is 2. The van der Waals surface area contributed by atoms with Crippen molar-refractivity contribution in [3.63, 3.8) is 0 Å². The number of fused-ring (bicyclic) bond motifs is 1. The van der Waals surface area contributed by atoms with Gasteiger partial charge >= 0.3 is 0 Å². The summed E-state index contributed by atoms with van der Waals surface area (Å²) in [5, 5.41) is 0. The first-order valence-electron chi connectivity index (χ1n) is 9.99. The molecule has 138 valence electrons. The Kier molecular flexibility index (Phi) is 5.80. The fourth-order valence-corrected chi connectivity index (χ4v) is 4.34. The van der Waals surface area contributed by atoms with E-state index in [1.807, 2.05) is 4.90 Å². The molecule has 1 amide bonds. The van der Waals surface area contributed by atoms with Crippen LogP contribution >= 0.6 is 0 Å². The lowest BCUT2D eigenvalue weighted by atomic mass is 9.79. The van der Waals surface area contributed by atoms with Gasteiger partial charge in [0.2, 0.25) is 5.91 Å². The van der Waals surface area contributed by atoms with Crippen LogP contribution in [0.5, 0.6) is 0 Å². The van der Waals surface area contributed by atoms with Gasteiger partial charge in [0.1, 0.15) is 0 Å². The second kappa shape index (κ2) is 8.07. The summed E-state index contributed by atoms with van der Waals surface area (Å²) in [5.41, 5.74) is 6.65. The number of anilines is 1. The van der Waals surface area contributed by atoms with E-state index in [1.165, 1.54) is 27.9 Å². The SMILES string of the molecule is CCCc1cc(Cc2ccccc2)cc2c1N(C(C)=O)CCC2C(C)C. The molecule has 2 nitrogen and oxygen atoms in total. The Morgan fingerprint density at radius 2 is 1.88 bits per heavy atom. The zero-order chi connectivity index (χ0) is 18.7. The molecule has 0 aromatic heterocycles. The third kappa shape index (κ3) is 3.85. The third-order valence-electron chi connectivity index (χ3n) is 5.57. The lowest BCUT2D eigenvalue weighted by Gasteiger charge is -2.38. The van der Waals surface area contributed by atoms with Gasteiger partial charge in [0, 0.05) is 13.5 Å². The largest absolute Gasteiger partial charge is 0.312 e. The second-order valence-corrected chi connectivity index (χ2v) is 7.91. The van der Waals surface area contributed by atoms with Crippen molar-refractivity contribution in [2.24, 2.45) is 5.92 Å². The molecule has 2 aromatic rings. The summed E-state index contributed by atoms with van der Waals surface area (Å²) in [6.45, 7) is 9.38. The van der Waals surface area contributed by atoms with Crippen molar-refractivity contribution in [1.29, 1.82) is 0 Å². The highest BCUT2D eigenvalue weighted by molar-refractivity contribution is 5.94. The summed E-state index contributed by atoms with van der Waals surface area (Å²) in [6, 6.07) is 15.4. The quantitative estimate of drug-likeness (QED) is 0.675. The average molecular weight is 350 g/mol. The molecule has 0 saturated carbocycles. The number of nitrogens with zero attached hydrogens (tertiary/aromatic N) is 1. The molecule has 0 spiro atoms. The Hall–Kier alpha value is -2.09. The summed E-state index contributed by atoms with van der Waals surface area (Å²) in [7, 11) is 0. The number of amides is 1. The van der Waals surface area contributed by atoms with Crippen LogP contribution < -0.4 is 4.90 Å². The van der Waals surface area contributed by atoms with Crippen molar-refractivity contribution in [2.45, 2.75) is 59.3 Å². The van der Waals surface area contributed by atoms with Gasteiger partial charge in [-0.15, -0.1) is 0 Å². The molecule has 0 saturated heterocycles. The highest BCUT2D eigenvalue weighted by atomic mass is 16.2. The number of rotatable bonds is 5. The molecule has 0 bridgehead atoms. The molecule has 2 aromatic carbocycles. The average Bonchev–Trinajstić information content (AvgIpc) is 2.61. The van der Waals surface area contributed by atoms with Crippen molar-refractivity contribution < 1.29 is 4.79 Å². The normalized spacial score (nSPS) is 16.7. The number of hydrogen-bond donors (Lipinski definition) is 0. The van der Waals surface area contributed by atoms with Crippen LogP contribution in [0.2, 0.25) is 0 Å². The Labute approximate surface area is 158 Å². The van der Waals surface area contributed by atoms with Crippen LogP contribution in [0.25, 0.3) is 0 Å². The van der Waals surface area contributed by atoms with Crippen LogP contribution in [-0.2, 0) is 17.6 Å². The molecule has 0 N–H and O–H groups in total. The summed E-state index contributed by atoms with van der Waals surface area (Å²) in [5.74, 6) is 1.29. The van der Waals surface area contributed by atoms with E-state index in [0.29, 0.717) is 11.8 Å². The van der Waals surface area contributed by atoms with E-state index in [0.717, 1.165) is 32.2 Å². The van der Waals surface area contributed by atoms with Gasteiger partial charge in [-0.3, -0.25) is 4.79 Å². The van der Waals surface area contributed by atoms with Crippen molar-refractivity contribution in [3.8, 4) is 0 Å². The predicted octanol–water partition coefficient (Wildman–Crippen LogP) is 5.73. The van der Waals surface area contributed by atoms with Gasteiger partial charge in [0.15, 0.2) is 0 Å². The van der Waals surface area contributed by atoms with Crippen LogP contribution in [0.15, 0.2) is 42.5 Å². The molecule has 1 heterocycles. The summed E-state index contributed by atoms with van der Waals surface area (Å²) in [6.07, 6.45) is 4.14. The summed E-state index contributed by atoms with van der Waals surface area (Å²) < 4.78 is 0. The van der Waals surface area contributed by atoms with E-state index < -0.39 is 0 Å². The topological polar surface area (TPSA) is 20.3 Å². The third-order valence-corrected chi connectivity index (χ3v) is 5.57. The fourth-order valence-electron chi connectivity index (χ4n) is 4.34. The Bertz CT molecular complexity index is 763. The molecule has 0 radical (unpaired) electrons. The summed E-state index contributed by atoms with van der Waals surface area (Å²) >= 11 is 0. The monoisotopic (exact) mass is 349 g/mol. The van der Waals surface area contributed by atoms with Gasteiger partial charge in [-0.05, 0) is 53.4 Å². The van der Waals surface area contributed by atoms with Crippen molar-refractivity contribution >= 4 is 11.6 Å². The minimum absolute atomic E-state index is 0.168. The first kappa shape index (κ1) is 18.7. The highest BCUT2D eigenvalue weighted by Gasteiger charge is 2.31. The number of carbonyl (C=O) groups is 1. The first-order valence-corrected chi connectivity index (χ1v) is 9.99. The van der Waals surface area contributed by atoms with Crippen LogP contribution in [0.4, 0.5) is 5.69 Å². The number of hydrogen-bond acceptors (Lipinski definition) is 1. The molecular weight excluding hydrogens is 318 g/mol. The molecular formula is C24H31NO. The maximum Gasteiger partial charge on any atom is 0.223 e. The van der Waals surface area contributed by atoms with Gasteiger partial charge in [-0.1, -0.05) is 69.7 Å². The molecule has 2 heteroatoms. The van der Waals surface area contributed by atoms with Gasteiger partial charge in [0.25, 0.3) is 0 Å². The van der Waals surface area contributed by atoms with Crippen LogP contribution in [0.1, 0.15) is 68.7 Å². The van der Waals surface area contributed by atoms with Gasteiger partial charge in [0.05, 0.1) is 5.69 Å². The lowest BCUT2D eigenvalue weighted by molar-refractivity contribution is -0.116. The highest BCUT2D eigenvalue weighted by Crippen LogP contribution is 2.43. The maximum atomic E-state index is 12.3. The van der Waals surface area contributed by atoms with Gasteiger partial charge in [-0.2, -0.15) is 0 Å². The predicted molar refractivity (Wildman–Crippen MR) is 110 cm³/mol. The zero-order valence-electron chi connectivity index (χ0n) is 16.6. The molecule has 26 heavy (non-hydrogen) atoms. The lowest BCUT2D eigenvalue weighted by Crippen LogP contribution is -2.37. The molecule has 1 aliphatic heterocycles. The molecule has 3 rings (SSSR count). The fraction of sp³-hybridized carbons (Fsp3) is 0.458. The van der Waals surface area contributed by atoms with Crippen molar-refractivity contribution in [1.82, 2.24) is 0 Å². The molecule has 1 atom stereocenters. The standard InChI is InChI=1S/C24H31NO/c1-5-9-21-15-20(14-19-10-7-6-8-11-19)16-23-22(17(2)3)12-13-25(18(4)26)24(21)23/h6-8,10-11,15-17,22H,5,9,12-14H2,1-4H3. The van der Waals surface area contributed by atoms with E-state index >= 15 is 0 Å². The van der Waals surface area contributed by atoms with Crippen LogP contribution in [-0.4, -0.2) is 12.5 Å². The molecule has 0 fully saturated rings. The molecule has 0 aliphatic carbocycles. The minimum atomic E-state index is 0.168. The Morgan fingerprint density at radius 3 is 2.50 bits per heavy atom. The minimum Gasteiger partial charge on any atom is -0.312 e. The maximum absolute atomic E-state index is 12.3. The van der Waals surface area contributed by atoms with Gasteiger partial charge in [-0.25, -0.2) is 0 Å². The van der Waals surface area contributed by atoms with Crippen LogP contribution in [0.3, 0.4) is 0 Å². The number of aryl methyl sites for hydroxylation is 1. The van der Waals surface area contributed by atoms with Crippen molar-refractivity contribution in [2.75, 3.05) is 11.4 Å². The zero-order valence-corrected chi connectivity index (χ0v) is 16.6. The second-order valence-electron chi connectivity index (χ2n) is 7.91. The smallest absolute Gasteiger partial charge is 0.223 e. The molecule has 1 unspecified atom stereocenters. The van der Waals surface area contributed by atoms with Gasteiger partial charge < -0.3 is 4.90 Å². The Balaban J connectivity index is 2.11. The Morgan fingerprint density at radius 1 is 1.15 bits per heavy atom. The van der Waals surface area contributed by atoms with E-state index in [9.17, 15) is 4.79 Å². The first-order chi connectivity index (χ1) is 12.5. The van der Waals surface area contributed by atoms with Crippen molar-refractivity contribution in [3.05, 3.63) is 64.7 Å². The number of carbonyl (C=O) groups excluding carboxylic acids is 1. The van der Waals surface area contributed by atoms with E-state index in [1.54, 1.807) is 6.92 Å².